The first-order chi connectivity index (χ1) is 12.9. The average molecular weight is 389 g/mol. The van der Waals surface area contributed by atoms with Gasteiger partial charge in [0.1, 0.15) is 11.6 Å². The molecule has 0 saturated heterocycles. The second-order valence-electron chi connectivity index (χ2n) is 6.04. The number of ether oxygens (including phenoxy) is 1. The summed E-state index contributed by atoms with van der Waals surface area (Å²) >= 11 is 0. The molecule has 0 radical (unpaired) electrons. The Kier molecular flexibility index (Phi) is 5.51. The molecule has 0 bridgehead atoms. The Balaban J connectivity index is 1.99. The number of rotatable bonds is 5. The molecule has 5 nitrogen and oxygen atoms in total. The largest absolute Gasteiger partial charge is 0.497 e. The molecule has 8 heteroatoms. The number of benzene rings is 2. The minimum atomic E-state index is -0.977. The van der Waals surface area contributed by atoms with Crippen molar-refractivity contribution >= 4 is 26.2 Å². The highest BCUT2D eigenvalue weighted by Crippen LogP contribution is 2.24. The van der Waals surface area contributed by atoms with Crippen molar-refractivity contribution in [1.82, 2.24) is 9.55 Å². The minimum absolute atomic E-state index is 0.140. The van der Waals surface area contributed by atoms with E-state index in [0.29, 0.717) is 22.3 Å². The summed E-state index contributed by atoms with van der Waals surface area (Å²) < 4.78 is 34.1. The second kappa shape index (κ2) is 7.84. The molecule has 1 unspecified atom stereocenters. The van der Waals surface area contributed by atoms with E-state index in [0.717, 1.165) is 11.8 Å². The van der Waals surface area contributed by atoms with Crippen LogP contribution in [0.3, 0.4) is 0 Å². The van der Waals surface area contributed by atoms with Gasteiger partial charge in [-0.05, 0) is 59.8 Å². The van der Waals surface area contributed by atoms with Crippen molar-refractivity contribution in [2.75, 3.05) is 12.4 Å². The van der Waals surface area contributed by atoms with Crippen molar-refractivity contribution in [2.45, 2.75) is 13.5 Å². The fourth-order valence-electron chi connectivity index (χ4n) is 2.67. The highest BCUT2D eigenvalue weighted by Gasteiger charge is 2.11. The number of methoxy groups -OCH3 is 1. The monoisotopic (exact) mass is 389 g/mol. The number of halogens is 2. The maximum Gasteiger partial charge on any atom is 0.310 e. The van der Waals surface area contributed by atoms with Gasteiger partial charge in [-0.25, -0.2) is 4.39 Å². The van der Waals surface area contributed by atoms with Gasteiger partial charge in [0.15, 0.2) is 0 Å². The van der Waals surface area contributed by atoms with E-state index in [9.17, 15) is 13.6 Å². The lowest BCUT2D eigenvalue weighted by Crippen LogP contribution is -2.20. The lowest BCUT2D eigenvalue weighted by atomic mass is 10.2. The number of aryl methyl sites for hydroxylation is 1. The van der Waals surface area contributed by atoms with E-state index in [1.54, 1.807) is 25.3 Å². The van der Waals surface area contributed by atoms with E-state index in [2.05, 4.69) is 19.5 Å². The standard InChI is InChI=1S/C19H18F2N3O2P/c1-11-5-14(26-2)3-4-17(11)22-19-23-18(25)16(21)10-24(19)9-12-6-13(20)8-15(27)7-12/h3-8,10H,9,27H2,1-2H3,(H,22,23,25). The fourth-order valence-corrected chi connectivity index (χ4v) is 3.05. The molecule has 27 heavy (non-hydrogen) atoms. The number of anilines is 2. The van der Waals surface area contributed by atoms with Crippen LogP contribution in [0, 0.1) is 18.6 Å². The van der Waals surface area contributed by atoms with Crippen molar-refractivity contribution in [3.8, 4) is 5.75 Å². The van der Waals surface area contributed by atoms with Gasteiger partial charge in [-0.15, -0.1) is 9.24 Å². The van der Waals surface area contributed by atoms with E-state index >= 15 is 0 Å². The van der Waals surface area contributed by atoms with Gasteiger partial charge in [-0.3, -0.25) is 4.79 Å². The predicted octanol–water partition coefficient (Wildman–Crippen LogP) is 3.13. The lowest BCUT2D eigenvalue weighted by Gasteiger charge is -2.16. The molecule has 3 rings (SSSR count). The highest BCUT2D eigenvalue weighted by atomic mass is 31.0. The molecule has 2 aromatic carbocycles. The zero-order valence-corrected chi connectivity index (χ0v) is 15.9. The molecule has 140 valence electrons. The molecule has 0 saturated carbocycles. The third-order valence-corrected chi connectivity index (χ3v) is 4.30. The molecule has 1 atom stereocenters. The maximum absolute atomic E-state index is 13.8. The van der Waals surface area contributed by atoms with Gasteiger partial charge in [0.2, 0.25) is 11.8 Å². The molecular weight excluding hydrogens is 371 g/mol. The second-order valence-corrected chi connectivity index (χ2v) is 6.71. The summed E-state index contributed by atoms with van der Waals surface area (Å²) in [5, 5.41) is 3.71. The minimum Gasteiger partial charge on any atom is -0.497 e. The summed E-state index contributed by atoms with van der Waals surface area (Å²) in [7, 11) is 3.99. The Morgan fingerprint density at radius 3 is 2.67 bits per heavy atom. The zero-order chi connectivity index (χ0) is 19.6. The SMILES string of the molecule is COc1ccc(Nc2nc(=O)c(F)cn2Cc2cc(F)cc(P)c2)c(C)c1. The summed E-state index contributed by atoms with van der Waals surface area (Å²) in [6, 6.07) is 9.84. The van der Waals surface area contributed by atoms with Gasteiger partial charge >= 0.3 is 5.56 Å². The van der Waals surface area contributed by atoms with E-state index in [1.807, 2.05) is 13.0 Å². The van der Waals surface area contributed by atoms with E-state index in [4.69, 9.17) is 4.74 Å². The molecule has 1 aromatic heterocycles. The normalized spacial score (nSPS) is 10.7. The molecule has 0 amide bonds. The first kappa shape index (κ1) is 19.0. The summed E-state index contributed by atoms with van der Waals surface area (Å²) in [5.41, 5.74) is 1.19. The van der Waals surface area contributed by atoms with Gasteiger partial charge in [0.25, 0.3) is 0 Å². The lowest BCUT2D eigenvalue weighted by molar-refractivity contribution is 0.414. The summed E-state index contributed by atoms with van der Waals surface area (Å²) in [4.78, 5) is 15.5. The number of aromatic nitrogens is 2. The maximum atomic E-state index is 13.8. The van der Waals surface area contributed by atoms with Crippen molar-refractivity contribution < 1.29 is 13.5 Å². The highest BCUT2D eigenvalue weighted by molar-refractivity contribution is 7.27. The van der Waals surface area contributed by atoms with Crippen molar-refractivity contribution in [3.63, 3.8) is 0 Å². The molecule has 1 heterocycles. The smallest absolute Gasteiger partial charge is 0.310 e. The average Bonchev–Trinajstić information content (AvgIpc) is 2.60. The van der Waals surface area contributed by atoms with E-state index in [-0.39, 0.29) is 12.5 Å². The van der Waals surface area contributed by atoms with Crippen molar-refractivity contribution in [1.29, 1.82) is 0 Å². The van der Waals surface area contributed by atoms with Gasteiger partial charge < -0.3 is 14.6 Å². The molecule has 3 aromatic rings. The van der Waals surface area contributed by atoms with E-state index < -0.39 is 17.2 Å². The van der Waals surface area contributed by atoms with Crippen LogP contribution < -0.4 is 20.9 Å². The number of nitrogens with zero attached hydrogens (tertiary/aromatic N) is 2. The van der Waals surface area contributed by atoms with Crippen LogP contribution in [0.1, 0.15) is 11.1 Å². The van der Waals surface area contributed by atoms with Crippen molar-refractivity contribution in [2.24, 2.45) is 0 Å². The molecule has 1 N–H and O–H groups in total. The Hall–Kier alpha value is -2.79. The first-order valence-electron chi connectivity index (χ1n) is 8.09. The number of hydrogen-bond acceptors (Lipinski definition) is 4. The third-order valence-electron chi connectivity index (χ3n) is 3.97. The summed E-state index contributed by atoms with van der Waals surface area (Å²) in [6.45, 7) is 2.00. The molecule has 0 fully saturated rings. The number of nitrogens with one attached hydrogen (secondary N) is 1. The van der Waals surface area contributed by atoms with Crippen LogP contribution in [-0.4, -0.2) is 16.7 Å². The van der Waals surface area contributed by atoms with Crippen LogP contribution in [0.25, 0.3) is 0 Å². The molecule has 0 aliphatic carbocycles. The van der Waals surface area contributed by atoms with Crippen LogP contribution >= 0.6 is 9.24 Å². The molecule has 0 aliphatic rings. The van der Waals surface area contributed by atoms with Crippen LogP contribution in [0.4, 0.5) is 20.4 Å². The molecular formula is C19H18F2N3O2P. The Bertz CT molecular complexity index is 1030. The van der Waals surface area contributed by atoms with Crippen LogP contribution in [0.5, 0.6) is 5.75 Å². The molecule has 0 aliphatic heterocycles. The summed E-state index contributed by atoms with van der Waals surface area (Å²) in [6.07, 6.45) is 1.06. The fraction of sp³-hybridized carbons (Fsp3) is 0.158. The number of hydrogen-bond donors (Lipinski definition) is 1. The Morgan fingerprint density at radius 2 is 2.00 bits per heavy atom. The topological polar surface area (TPSA) is 56.1 Å². The van der Waals surface area contributed by atoms with Gasteiger partial charge in [-0.2, -0.15) is 9.37 Å². The van der Waals surface area contributed by atoms with Crippen LogP contribution in [0.2, 0.25) is 0 Å². The van der Waals surface area contributed by atoms with Gasteiger partial charge in [-0.1, -0.05) is 0 Å². The van der Waals surface area contributed by atoms with Crippen LogP contribution in [0.15, 0.2) is 47.4 Å². The van der Waals surface area contributed by atoms with Crippen molar-refractivity contribution in [3.05, 3.63) is 75.7 Å². The van der Waals surface area contributed by atoms with Crippen LogP contribution in [-0.2, 0) is 6.54 Å². The predicted molar refractivity (Wildman–Crippen MR) is 104 cm³/mol. The van der Waals surface area contributed by atoms with Gasteiger partial charge in [0.05, 0.1) is 13.7 Å². The third kappa shape index (κ3) is 4.49. The Morgan fingerprint density at radius 1 is 1.22 bits per heavy atom. The van der Waals surface area contributed by atoms with E-state index in [1.165, 1.54) is 16.7 Å². The molecule has 0 spiro atoms. The van der Waals surface area contributed by atoms with Gasteiger partial charge in [0, 0.05) is 11.9 Å². The summed E-state index contributed by atoms with van der Waals surface area (Å²) in [5.74, 6) is -0.526. The Labute approximate surface area is 157 Å². The zero-order valence-electron chi connectivity index (χ0n) is 14.8. The quantitative estimate of drug-likeness (QED) is 0.682. The first-order valence-corrected chi connectivity index (χ1v) is 8.67.